The maximum Gasteiger partial charge on any atom is 0.258 e. The first kappa shape index (κ1) is 16.9. The zero-order valence-corrected chi connectivity index (χ0v) is 13.5. The fourth-order valence-corrected chi connectivity index (χ4v) is 1.91. The second-order valence-electron chi connectivity index (χ2n) is 4.86. The summed E-state index contributed by atoms with van der Waals surface area (Å²) in [4.78, 5) is 28.4. The van der Waals surface area contributed by atoms with Crippen molar-refractivity contribution in [2.24, 2.45) is 0 Å². The SMILES string of the molecule is CNC(C)C(=O)Nc1ccccc1C(=O)Nc1ccc(Cl)cn1. The minimum absolute atomic E-state index is 0.225. The molecule has 2 aromatic rings. The Bertz CT molecular complexity index is 703. The smallest absolute Gasteiger partial charge is 0.258 e. The fraction of sp³-hybridized carbons (Fsp3) is 0.188. The van der Waals surface area contributed by atoms with E-state index in [0.717, 1.165) is 0 Å². The van der Waals surface area contributed by atoms with Gasteiger partial charge in [0.15, 0.2) is 0 Å². The molecular formula is C16H17ClN4O2. The van der Waals surface area contributed by atoms with Crippen molar-refractivity contribution in [2.45, 2.75) is 13.0 Å². The normalized spacial score (nSPS) is 11.6. The Morgan fingerprint density at radius 1 is 1.13 bits per heavy atom. The lowest BCUT2D eigenvalue weighted by Crippen LogP contribution is -2.36. The average Bonchev–Trinajstić information content (AvgIpc) is 2.56. The van der Waals surface area contributed by atoms with Gasteiger partial charge in [0.2, 0.25) is 5.91 Å². The molecule has 0 fully saturated rings. The molecule has 2 amide bonds. The summed E-state index contributed by atoms with van der Waals surface area (Å²) in [7, 11) is 1.69. The van der Waals surface area contributed by atoms with Crippen molar-refractivity contribution in [3.63, 3.8) is 0 Å². The molecule has 0 aliphatic heterocycles. The van der Waals surface area contributed by atoms with Crippen LogP contribution in [0, 0.1) is 0 Å². The molecule has 0 aliphatic rings. The number of para-hydroxylation sites is 1. The number of halogens is 1. The number of benzene rings is 1. The zero-order valence-electron chi connectivity index (χ0n) is 12.8. The van der Waals surface area contributed by atoms with Gasteiger partial charge in [-0.15, -0.1) is 0 Å². The van der Waals surface area contributed by atoms with Gasteiger partial charge in [-0.3, -0.25) is 9.59 Å². The van der Waals surface area contributed by atoms with Gasteiger partial charge in [-0.1, -0.05) is 23.7 Å². The summed E-state index contributed by atoms with van der Waals surface area (Å²) in [6.07, 6.45) is 1.44. The van der Waals surface area contributed by atoms with Crippen LogP contribution in [0.5, 0.6) is 0 Å². The monoisotopic (exact) mass is 332 g/mol. The molecule has 1 heterocycles. The van der Waals surface area contributed by atoms with Crippen LogP contribution in [0.2, 0.25) is 5.02 Å². The van der Waals surface area contributed by atoms with Crippen molar-refractivity contribution in [1.29, 1.82) is 0 Å². The summed E-state index contributed by atoms with van der Waals surface area (Å²) >= 11 is 5.76. The molecule has 0 saturated carbocycles. The fourth-order valence-electron chi connectivity index (χ4n) is 1.80. The van der Waals surface area contributed by atoms with Gasteiger partial charge in [0, 0.05) is 6.20 Å². The molecule has 2 rings (SSSR count). The predicted octanol–water partition coefficient (Wildman–Crippen LogP) is 2.53. The molecular weight excluding hydrogens is 316 g/mol. The molecule has 1 atom stereocenters. The standard InChI is InChI=1S/C16H17ClN4O2/c1-10(18-2)15(22)20-13-6-4-3-5-12(13)16(23)21-14-8-7-11(17)9-19-14/h3-10,18H,1-2H3,(H,20,22)(H,19,21,23). The van der Waals surface area contributed by atoms with Gasteiger partial charge in [0.05, 0.1) is 22.3 Å². The van der Waals surface area contributed by atoms with Crippen molar-refractivity contribution in [3.8, 4) is 0 Å². The number of nitrogens with zero attached hydrogens (tertiary/aromatic N) is 1. The first-order valence-corrected chi connectivity index (χ1v) is 7.39. The highest BCUT2D eigenvalue weighted by Crippen LogP contribution is 2.17. The molecule has 0 radical (unpaired) electrons. The largest absolute Gasteiger partial charge is 0.324 e. The van der Waals surface area contributed by atoms with Crippen LogP contribution in [0.1, 0.15) is 17.3 Å². The molecule has 23 heavy (non-hydrogen) atoms. The van der Waals surface area contributed by atoms with Crippen LogP contribution in [0.4, 0.5) is 11.5 Å². The highest BCUT2D eigenvalue weighted by molar-refractivity contribution is 6.30. The zero-order chi connectivity index (χ0) is 16.8. The van der Waals surface area contributed by atoms with Gasteiger partial charge < -0.3 is 16.0 Å². The highest BCUT2D eigenvalue weighted by atomic mass is 35.5. The van der Waals surface area contributed by atoms with Gasteiger partial charge in [-0.05, 0) is 38.2 Å². The molecule has 0 spiro atoms. The van der Waals surface area contributed by atoms with E-state index in [0.29, 0.717) is 22.1 Å². The second kappa shape index (κ2) is 7.71. The molecule has 1 aromatic heterocycles. The third-order valence-corrected chi connectivity index (χ3v) is 3.45. The number of likely N-dealkylation sites (N-methyl/N-ethyl adjacent to an activating group) is 1. The van der Waals surface area contributed by atoms with E-state index in [4.69, 9.17) is 11.6 Å². The van der Waals surface area contributed by atoms with Crippen LogP contribution in [-0.4, -0.2) is 29.9 Å². The summed E-state index contributed by atoms with van der Waals surface area (Å²) in [6.45, 7) is 1.73. The molecule has 1 unspecified atom stereocenters. The quantitative estimate of drug-likeness (QED) is 0.785. The Kier molecular flexibility index (Phi) is 5.67. The topological polar surface area (TPSA) is 83.1 Å². The Morgan fingerprint density at radius 2 is 1.87 bits per heavy atom. The lowest BCUT2D eigenvalue weighted by Gasteiger charge is -2.14. The molecule has 0 saturated heterocycles. The van der Waals surface area contributed by atoms with Crippen molar-refractivity contribution in [1.82, 2.24) is 10.3 Å². The van der Waals surface area contributed by atoms with Gasteiger partial charge in [-0.2, -0.15) is 0 Å². The first-order chi connectivity index (χ1) is 11.0. The van der Waals surface area contributed by atoms with Gasteiger partial charge in [0.1, 0.15) is 5.82 Å². The maximum absolute atomic E-state index is 12.4. The lowest BCUT2D eigenvalue weighted by molar-refractivity contribution is -0.117. The third kappa shape index (κ3) is 4.51. The molecule has 3 N–H and O–H groups in total. The number of hydrogen-bond acceptors (Lipinski definition) is 4. The number of anilines is 2. The maximum atomic E-state index is 12.4. The summed E-state index contributed by atoms with van der Waals surface area (Å²) in [6, 6.07) is 9.63. The van der Waals surface area contributed by atoms with E-state index in [1.165, 1.54) is 6.20 Å². The molecule has 1 aromatic carbocycles. The number of rotatable bonds is 5. The first-order valence-electron chi connectivity index (χ1n) is 7.01. The number of carbonyl (C=O) groups is 2. The Balaban J connectivity index is 2.17. The number of amides is 2. The van der Waals surface area contributed by atoms with Gasteiger partial charge in [0.25, 0.3) is 5.91 Å². The summed E-state index contributed by atoms with van der Waals surface area (Å²) in [5.74, 6) is -0.214. The lowest BCUT2D eigenvalue weighted by atomic mass is 10.1. The minimum atomic E-state index is -0.371. The van der Waals surface area contributed by atoms with Crippen LogP contribution in [0.25, 0.3) is 0 Å². The van der Waals surface area contributed by atoms with E-state index < -0.39 is 0 Å². The van der Waals surface area contributed by atoms with Crippen molar-refractivity contribution in [2.75, 3.05) is 17.7 Å². The number of aromatic nitrogens is 1. The van der Waals surface area contributed by atoms with Crippen LogP contribution in [-0.2, 0) is 4.79 Å². The molecule has 7 heteroatoms. The molecule has 120 valence electrons. The second-order valence-corrected chi connectivity index (χ2v) is 5.30. The molecule has 0 aliphatic carbocycles. The van der Waals surface area contributed by atoms with E-state index in [9.17, 15) is 9.59 Å². The Hall–Kier alpha value is -2.44. The Morgan fingerprint density at radius 3 is 2.52 bits per heavy atom. The summed E-state index contributed by atoms with van der Waals surface area (Å²) in [5.41, 5.74) is 0.784. The van der Waals surface area contributed by atoms with E-state index >= 15 is 0 Å². The van der Waals surface area contributed by atoms with Crippen LogP contribution >= 0.6 is 11.6 Å². The van der Waals surface area contributed by atoms with Crippen molar-refractivity contribution in [3.05, 3.63) is 53.2 Å². The average molecular weight is 333 g/mol. The number of carbonyl (C=O) groups excluding carboxylic acids is 2. The minimum Gasteiger partial charge on any atom is -0.324 e. The van der Waals surface area contributed by atoms with Crippen molar-refractivity contribution < 1.29 is 9.59 Å². The number of nitrogens with one attached hydrogen (secondary N) is 3. The Labute approximate surface area is 139 Å². The predicted molar refractivity (Wildman–Crippen MR) is 90.8 cm³/mol. The van der Waals surface area contributed by atoms with Crippen molar-refractivity contribution >= 4 is 34.9 Å². The summed E-state index contributed by atoms with van der Waals surface area (Å²) < 4.78 is 0. The van der Waals surface area contributed by atoms with Gasteiger partial charge in [-0.25, -0.2) is 4.98 Å². The van der Waals surface area contributed by atoms with E-state index in [1.807, 2.05) is 0 Å². The van der Waals surface area contributed by atoms with Crippen LogP contribution in [0.3, 0.4) is 0 Å². The van der Waals surface area contributed by atoms with E-state index in [2.05, 4.69) is 20.9 Å². The van der Waals surface area contributed by atoms with Crippen LogP contribution in [0.15, 0.2) is 42.6 Å². The number of pyridine rings is 1. The molecule has 0 bridgehead atoms. The third-order valence-electron chi connectivity index (χ3n) is 3.22. The molecule has 6 nitrogen and oxygen atoms in total. The van der Waals surface area contributed by atoms with Gasteiger partial charge >= 0.3 is 0 Å². The summed E-state index contributed by atoms with van der Waals surface area (Å²) in [5, 5.41) is 8.73. The number of hydrogen-bond donors (Lipinski definition) is 3. The van der Waals surface area contributed by atoms with Crippen LogP contribution < -0.4 is 16.0 Å². The van der Waals surface area contributed by atoms with E-state index in [1.54, 1.807) is 50.4 Å². The highest BCUT2D eigenvalue weighted by Gasteiger charge is 2.16. The van der Waals surface area contributed by atoms with E-state index in [-0.39, 0.29) is 17.9 Å².